The third-order valence-corrected chi connectivity index (χ3v) is 4.23. The molecule has 4 aromatic rings. The zero-order valence-corrected chi connectivity index (χ0v) is 12.2. The first kappa shape index (κ1) is 12.4. The molecule has 4 rings (SSSR count). The van der Waals surface area contributed by atoms with E-state index < -0.39 is 0 Å². The van der Waals surface area contributed by atoms with Crippen molar-refractivity contribution in [2.24, 2.45) is 7.05 Å². The van der Waals surface area contributed by atoms with E-state index in [2.05, 4.69) is 22.8 Å². The lowest BCUT2D eigenvalue weighted by Gasteiger charge is -2.06. The van der Waals surface area contributed by atoms with E-state index in [1.54, 1.807) is 10.6 Å². The number of nitrogens with zero attached hydrogens (tertiary/aromatic N) is 2. The van der Waals surface area contributed by atoms with Gasteiger partial charge in [-0.05, 0) is 29.7 Å². The molecule has 2 heterocycles. The molecule has 0 atom stereocenters. The lowest BCUT2D eigenvalue weighted by atomic mass is 10.2. The summed E-state index contributed by atoms with van der Waals surface area (Å²) in [5, 5.41) is 13.8. The summed E-state index contributed by atoms with van der Waals surface area (Å²) in [7, 11) is 2.01. The first-order valence-corrected chi connectivity index (χ1v) is 7.07. The minimum atomic E-state index is 0.171. The van der Waals surface area contributed by atoms with Gasteiger partial charge in [0, 0.05) is 30.3 Å². The number of hydrogen-bond donors (Lipinski definition) is 1. The zero-order chi connectivity index (χ0) is 14.6. The molecule has 21 heavy (non-hydrogen) atoms. The Balaban J connectivity index is 2.01. The summed E-state index contributed by atoms with van der Waals surface area (Å²) >= 11 is 6.19. The predicted octanol–water partition coefficient (Wildman–Crippen LogP) is 4.48. The molecule has 0 aliphatic rings. The van der Waals surface area contributed by atoms with E-state index in [0.29, 0.717) is 10.4 Å². The van der Waals surface area contributed by atoms with Crippen LogP contribution in [0.4, 0.5) is 0 Å². The summed E-state index contributed by atoms with van der Waals surface area (Å²) in [6, 6.07) is 13.8. The molecule has 0 spiro atoms. The highest BCUT2D eigenvalue weighted by molar-refractivity contribution is 6.36. The Hall–Kier alpha value is -2.39. The molecule has 4 heteroatoms. The van der Waals surface area contributed by atoms with Gasteiger partial charge in [-0.1, -0.05) is 29.8 Å². The lowest BCUT2D eigenvalue weighted by molar-refractivity contribution is 0.448. The second-order valence-corrected chi connectivity index (χ2v) is 5.60. The van der Waals surface area contributed by atoms with Gasteiger partial charge in [0.2, 0.25) is 5.88 Å². The first-order chi connectivity index (χ1) is 10.1. The fraction of sp³-hybridized carbons (Fsp3) is 0.0588. The van der Waals surface area contributed by atoms with Gasteiger partial charge in [0.1, 0.15) is 0 Å². The van der Waals surface area contributed by atoms with Crippen LogP contribution < -0.4 is 0 Å². The Morgan fingerprint density at radius 2 is 1.90 bits per heavy atom. The molecular formula is C17H13ClN2O. The van der Waals surface area contributed by atoms with Gasteiger partial charge in [-0.25, -0.2) is 0 Å². The molecule has 0 aliphatic carbocycles. The maximum absolute atomic E-state index is 10.5. The number of hydrogen-bond acceptors (Lipinski definition) is 1. The second-order valence-electron chi connectivity index (χ2n) is 5.20. The quantitative estimate of drug-likeness (QED) is 0.551. The lowest BCUT2D eigenvalue weighted by Crippen LogP contribution is -1.92. The van der Waals surface area contributed by atoms with Crippen LogP contribution in [-0.4, -0.2) is 14.2 Å². The summed E-state index contributed by atoms with van der Waals surface area (Å²) in [6.45, 7) is 0. The summed E-state index contributed by atoms with van der Waals surface area (Å²) < 4.78 is 3.83. The van der Waals surface area contributed by atoms with Crippen LogP contribution in [0.2, 0.25) is 5.02 Å². The molecule has 0 saturated heterocycles. The standard InChI is InChI=1S/C17H13ClN2O/c1-19-8-7-11-5-6-13(9-15(11)19)20-10-12-3-2-4-14(18)16(12)17(20)21/h2-10,21H,1H3. The van der Waals surface area contributed by atoms with Crippen molar-refractivity contribution in [1.29, 1.82) is 0 Å². The van der Waals surface area contributed by atoms with Crippen molar-refractivity contribution in [1.82, 2.24) is 9.13 Å². The average Bonchev–Trinajstić information content (AvgIpc) is 3.01. The van der Waals surface area contributed by atoms with Crippen LogP contribution in [0.3, 0.4) is 0 Å². The topological polar surface area (TPSA) is 30.1 Å². The molecule has 2 aromatic carbocycles. The molecule has 2 aromatic heterocycles. The van der Waals surface area contributed by atoms with E-state index in [-0.39, 0.29) is 5.88 Å². The highest BCUT2D eigenvalue weighted by atomic mass is 35.5. The van der Waals surface area contributed by atoms with Crippen LogP contribution >= 0.6 is 11.6 Å². The van der Waals surface area contributed by atoms with Gasteiger partial charge in [0.15, 0.2) is 0 Å². The van der Waals surface area contributed by atoms with Crippen LogP contribution in [-0.2, 0) is 7.05 Å². The summed E-state index contributed by atoms with van der Waals surface area (Å²) in [6.07, 6.45) is 3.93. The Labute approximate surface area is 126 Å². The molecule has 0 saturated carbocycles. The highest BCUT2D eigenvalue weighted by Gasteiger charge is 2.13. The van der Waals surface area contributed by atoms with Crippen LogP contribution in [0.15, 0.2) is 54.9 Å². The van der Waals surface area contributed by atoms with E-state index in [1.807, 2.05) is 37.6 Å². The number of aryl methyl sites for hydroxylation is 1. The summed E-state index contributed by atoms with van der Waals surface area (Å²) in [4.78, 5) is 0. The Kier molecular flexibility index (Phi) is 2.53. The van der Waals surface area contributed by atoms with Crippen molar-refractivity contribution >= 4 is 33.3 Å². The van der Waals surface area contributed by atoms with Crippen molar-refractivity contribution < 1.29 is 5.11 Å². The number of fused-ring (bicyclic) bond motifs is 2. The van der Waals surface area contributed by atoms with Gasteiger partial charge in [-0.3, -0.25) is 4.57 Å². The number of halogens is 1. The minimum Gasteiger partial charge on any atom is -0.494 e. The van der Waals surface area contributed by atoms with Crippen LogP contribution in [0.25, 0.3) is 27.4 Å². The van der Waals surface area contributed by atoms with Crippen LogP contribution in [0.5, 0.6) is 5.88 Å². The van der Waals surface area contributed by atoms with E-state index in [4.69, 9.17) is 11.6 Å². The van der Waals surface area contributed by atoms with E-state index in [1.165, 1.54) is 5.39 Å². The molecule has 0 fully saturated rings. The summed E-state index contributed by atoms with van der Waals surface area (Å²) in [5.41, 5.74) is 2.03. The van der Waals surface area contributed by atoms with Crippen molar-refractivity contribution in [3.05, 3.63) is 59.9 Å². The van der Waals surface area contributed by atoms with Gasteiger partial charge in [0.25, 0.3) is 0 Å². The largest absolute Gasteiger partial charge is 0.494 e. The average molecular weight is 297 g/mol. The number of rotatable bonds is 1. The normalized spacial score (nSPS) is 11.5. The molecular weight excluding hydrogens is 284 g/mol. The molecule has 104 valence electrons. The molecule has 0 aliphatic heterocycles. The zero-order valence-electron chi connectivity index (χ0n) is 11.4. The van der Waals surface area contributed by atoms with Crippen LogP contribution in [0, 0.1) is 0 Å². The summed E-state index contributed by atoms with van der Waals surface area (Å²) in [5.74, 6) is 0.171. The SMILES string of the molecule is Cn1ccc2ccc(-n3cc4cccc(Cl)c4c3O)cc21. The van der Waals surface area contributed by atoms with E-state index in [0.717, 1.165) is 16.6 Å². The Bertz CT molecular complexity index is 981. The fourth-order valence-electron chi connectivity index (χ4n) is 2.80. The molecule has 1 N–H and O–H groups in total. The molecule has 0 unspecified atom stereocenters. The third kappa shape index (κ3) is 1.74. The number of aromatic hydroxyl groups is 1. The minimum absolute atomic E-state index is 0.171. The van der Waals surface area contributed by atoms with E-state index >= 15 is 0 Å². The van der Waals surface area contributed by atoms with Gasteiger partial charge in [0.05, 0.1) is 16.1 Å². The van der Waals surface area contributed by atoms with Crippen LogP contribution in [0.1, 0.15) is 0 Å². The maximum Gasteiger partial charge on any atom is 0.205 e. The number of benzene rings is 2. The second kappa shape index (κ2) is 4.30. The number of aromatic nitrogens is 2. The third-order valence-electron chi connectivity index (χ3n) is 3.92. The monoisotopic (exact) mass is 296 g/mol. The van der Waals surface area contributed by atoms with Crippen molar-refractivity contribution in [2.75, 3.05) is 0 Å². The smallest absolute Gasteiger partial charge is 0.205 e. The molecule has 3 nitrogen and oxygen atoms in total. The maximum atomic E-state index is 10.5. The van der Waals surface area contributed by atoms with Gasteiger partial charge >= 0.3 is 0 Å². The Morgan fingerprint density at radius 1 is 1.05 bits per heavy atom. The van der Waals surface area contributed by atoms with Crippen molar-refractivity contribution in [2.45, 2.75) is 0 Å². The van der Waals surface area contributed by atoms with Crippen molar-refractivity contribution in [3.63, 3.8) is 0 Å². The first-order valence-electron chi connectivity index (χ1n) is 6.69. The molecule has 0 amide bonds. The fourth-order valence-corrected chi connectivity index (χ4v) is 3.07. The van der Waals surface area contributed by atoms with Gasteiger partial charge < -0.3 is 9.67 Å². The highest BCUT2D eigenvalue weighted by Crippen LogP contribution is 2.35. The van der Waals surface area contributed by atoms with E-state index in [9.17, 15) is 5.11 Å². The molecule has 0 radical (unpaired) electrons. The van der Waals surface area contributed by atoms with Crippen molar-refractivity contribution in [3.8, 4) is 11.6 Å². The Morgan fingerprint density at radius 3 is 2.71 bits per heavy atom. The predicted molar refractivity (Wildman–Crippen MR) is 86.4 cm³/mol. The molecule has 0 bridgehead atoms. The van der Waals surface area contributed by atoms with Gasteiger partial charge in [-0.2, -0.15) is 0 Å². The van der Waals surface area contributed by atoms with Gasteiger partial charge in [-0.15, -0.1) is 0 Å².